The molecule has 10 nitrogen and oxygen atoms in total. The second kappa shape index (κ2) is 8.79. The maximum atomic E-state index is 13.1. The van der Waals surface area contributed by atoms with Crippen LogP contribution in [0.1, 0.15) is 54.4 Å². The molecule has 2 saturated carbocycles. The number of nitrogens with zero attached hydrogens (tertiary/aromatic N) is 1. The molecule has 2 aliphatic carbocycles. The van der Waals surface area contributed by atoms with E-state index in [1.54, 1.807) is 41.5 Å². The Balaban J connectivity index is 2.47. The summed E-state index contributed by atoms with van der Waals surface area (Å²) in [5.74, 6) is -4.00. The highest BCUT2D eigenvalue weighted by Crippen LogP contribution is 2.64. The summed E-state index contributed by atoms with van der Waals surface area (Å²) in [6.45, 7) is 9.99. The normalized spacial score (nSPS) is 29.4. The van der Waals surface area contributed by atoms with Gasteiger partial charge in [0.15, 0.2) is 5.54 Å². The fourth-order valence-electron chi connectivity index (χ4n) is 4.30. The van der Waals surface area contributed by atoms with Crippen molar-refractivity contribution in [1.29, 1.82) is 0 Å². The number of nitrogens with one attached hydrogen (secondary N) is 1. The van der Waals surface area contributed by atoms with Gasteiger partial charge in [-0.25, -0.2) is 20.0 Å². The van der Waals surface area contributed by atoms with Gasteiger partial charge in [0.25, 0.3) is 0 Å². The number of hydrogen-bond donors (Lipinski definition) is 2. The first kappa shape index (κ1) is 23.9. The molecule has 2 rings (SSSR count). The quantitative estimate of drug-likeness (QED) is 0.366. The Morgan fingerprint density at radius 2 is 1.70 bits per heavy atom. The number of carbonyl (C=O) groups is 4. The molecule has 0 bridgehead atoms. The van der Waals surface area contributed by atoms with Gasteiger partial charge in [-0.15, -0.1) is 0 Å². The summed E-state index contributed by atoms with van der Waals surface area (Å²) < 4.78 is 15.6. The van der Waals surface area contributed by atoms with E-state index in [0.717, 1.165) is 5.01 Å². The summed E-state index contributed by atoms with van der Waals surface area (Å²) >= 11 is 0. The molecule has 0 spiro atoms. The molecule has 0 saturated heterocycles. The van der Waals surface area contributed by atoms with E-state index in [1.807, 2.05) is 0 Å². The van der Waals surface area contributed by atoms with Crippen molar-refractivity contribution in [3.05, 3.63) is 0 Å². The third kappa shape index (κ3) is 4.38. The van der Waals surface area contributed by atoms with Crippen molar-refractivity contribution >= 4 is 23.9 Å². The van der Waals surface area contributed by atoms with Gasteiger partial charge in [-0.3, -0.25) is 9.59 Å². The minimum atomic E-state index is -1.73. The third-order valence-corrected chi connectivity index (χ3v) is 5.33. The number of amides is 2. The molecule has 0 radical (unpaired) electrons. The number of hydrazine groups is 1. The SMILES string of the molecule is CCOC(=O)[C@H]1[C@H]2[C@@H]1[C@@](C(=O)OCC)(N(NC(=O)OC(C)(C)C)C(=O)CC)C[C@@H]2O. The van der Waals surface area contributed by atoms with Gasteiger partial charge < -0.3 is 19.3 Å². The van der Waals surface area contributed by atoms with E-state index < -0.39 is 58.9 Å². The van der Waals surface area contributed by atoms with Crippen molar-refractivity contribution in [1.82, 2.24) is 10.4 Å². The summed E-state index contributed by atoms with van der Waals surface area (Å²) in [6, 6.07) is 0. The van der Waals surface area contributed by atoms with Crippen molar-refractivity contribution in [2.24, 2.45) is 17.8 Å². The van der Waals surface area contributed by atoms with Crippen molar-refractivity contribution < 1.29 is 38.5 Å². The van der Waals surface area contributed by atoms with Gasteiger partial charge in [-0.2, -0.15) is 0 Å². The molecule has 30 heavy (non-hydrogen) atoms. The van der Waals surface area contributed by atoms with E-state index in [0.29, 0.717) is 0 Å². The highest BCUT2D eigenvalue weighted by atomic mass is 16.6. The molecule has 10 heteroatoms. The number of fused-ring (bicyclic) bond motifs is 1. The summed E-state index contributed by atoms with van der Waals surface area (Å²) in [4.78, 5) is 50.8. The molecule has 0 aliphatic heterocycles. The van der Waals surface area contributed by atoms with Crippen LogP contribution >= 0.6 is 0 Å². The zero-order valence-electron chi connectivity index (χ0n) is 18.4. The van der Waals surface area contributed by atoms with Crippen LogP contribution in [0.25, 0.3) is 0 Å². The fourth-order valence-corrected chi connectivity index (χ4v) is 4.30. The van der Waals surface area contributed by atoms with Gasteiger partial charge in [0.2, 0.25) is 5.91 Å². The summed E-state index contributed by atoms with van der Waals surface area (Å²) in [7, 11) is 0. The van der Waals surface area contributed by atoms with Gasteiger partial charge in [-0.05, 0) is 34.6 Å². The Hall–Kier alpha value is -2.36. The smallest absolute Gasteiger partial charge is 0.426 e. The number of ether oxygens (including phenoxy) is 3. The Bertz CT molecular complexity index is 703. The molecule has 170 valence electrons. The van der Waals surface area contributed by atoms with Gasteiger partial charge >= 0.3 is 18.0 Å². The van der Waals surface area contributed by atoms with E-state index in [4.69, 9.17) is 14.2 Å². The maximum Gasteiger partial charge on any atom is 0.426 e. The summed E-state index contributed by atoms with van der Waals surface area (Å²) in [5, 5.41) is 11.5. The first-order chi connectivity index (χ1) is 13.9. The van der Waals surface area contributed by atoms with Crippen molar-refractivity contribution in [2.75, 3.05) is 13.2 Å². The first-order valence-electron chi connectivity index (χ1n) is 10.3. The lowest BCUT2D eigenvalue weighted by atomic mass is 9.88. The lowest BCUT2D eigenvalue weighted by molar-refractivity contribution is -0.171. The molecule has 0 aromatic carbocycles. The molecule has 0 unspecified atom stereocenters. The van der Waals surface area contributed by atoms with Gasteiger partial charge in [0.1, 0.15) is 5.60 Å². The second-order valence-corrected chi connectivity index (χ2v) is 8.49. The van der Waals surface area contributed by atoms with Gasteiger partial charge in [-0.1, -0.05) is 6.92 Å². The lowest BCUT2D eigenvalue weighted by Gasteiger charge is -2.40. The third-order valence-electron chi connectivity index (χ3n) is 5.33. The maximum absolute atomic E-state index is 13.1. The van der Waals surface area contributed by atoms with Crippen LogP contribution in [0.3, 0.4) is 0 Å². The van der Waals surface area contributed by atoms with Gasteiger partial charge in [0.05, 0.1) is 25.2 Å². The second-order valence-electron chi connectivity index (χ2n) is 8.49. The number of aliphatic hydroxyl groups excluding tert-OH is 1. The van der Waals surface area contributed by atoms with E-state index in [2.05, 4.69) is 5.43 Å². The predicted octanol–water partition coefficient (Wildman–Crippen LogP) is 1.16. The average Bonchev–Trinajstić information content (AvgIpc) is 3.32. The minimum Gasteiger partial charge on any atom is -0.466 e. The largest absolute Gasteiger partial charge is 0.466 e. The topological polar surface area (TPSA) is 131 Å². The van der Waals surface area contributed by atoms with E-state index >= 15 is 0 Å². The number of carbonyl (C=O) groups excluding carboxylic acids is 4. The Labute approximate surface area is 176 Å². The molecule has 0 aromatic rings. The molecular formula is C20H32N2O8. The van der Waals surface area contributed by atoms with Crippen LogP contribution in [0.15, 0.2) is 0 Å². The van der Waals surface area contributed by atoms with Gasteiger partial charge in [0, 0.05) is 24.7 Å². The standard InChI is InChI=1S/C20H32N2O8/c1-7-12(24)22(21-18(27)30-19(4,5)6)20(17(26)29-9-3)10-11(23)13-14(15(13)20)16(25)28-8-2/h11,13-15,23H,7-10H2,1-6H3,(H,21,27)/t11-,13-,14-,15-,20-/m0/s1. The minimum absolute atomic E-state index is 0.0265. The first-order valence-corrected chi connectivity index (χ1v) is 10.3. The van der Waals surface area contributed by atoms with Crippen LogP contribution < -0.4 is 5.43 Å². The fraction of sp³-hybridized carbons (Fsp3) is 0.800. The molecule has 2 fully saturated rings. The number of esters is 2. The van der Waals surface area contributed by atoms with Crippen LogP contribution in [-0.2, 0) is 28.6 Å². The predicted molar refractivity (Wildman–Crippen MR) is 104 cm³/mol. The Morgan fingerprint density at radius 1 is 1.10 bits per heavy atom. The molecular weight excluding hydrogens is 396 g/mol. The number of rotatable bonds is 6. The molecule has 0 aromatic heterocycles. The molecule has 2 N–H and O–H groups in total. The lowest BCUT2D eigenvalue weighted by Crippen LogP contribution is -2.65. The summed E-state index contributed by atoms with van der Waals surface area (Å²) in [5.41, 5.74) is -0.201. The molecule has 0 heterocycles. The van der Waals surface area contributed by atoms with E-state index in [9.17, 15) is 24.3 Å². The highest BCUT2D eigenvalue weighted by molar-refractivity contribution is 5.93. The van der Waals surface area contributed by atoms with Crippen molar-refractivity contribution in [2.45, 2.75) is 71.6 Å². The monoisotopic (exact) mass is 428 g/mol. The summed E-state index contributed by atoms with van der Waals surface area (Å²) in [6.07, 6.45) is -2.17. The Morgan fingerprint density at radius 3 is 2.20 bits per heavy atom. The highest BCUT2D eigenvalue weighted by Gasteiger charge is 2.78. The zero-order valence-corrected chi connectivity index (χ0v) is 18.4. The molecule has 2 amide bonds. The van der Waals surface area contributed by atoms with Crippen molar-refractivity contribution in [3.8, 4) is 0 Å². The number of hydrogen-bond acceptors (Lipinski definition) is 8. The van der Waals surface area contributed by atoms with E-state index in [1.165, 1.54) is 0 Å². The van der Waals surface area contributed by atoms with Crippen molar-refractivity contribution in [3.63, 3.8) is 0 Å². The van der Waals surface area contributed by atoms with Crippen LogP contribution in [0, 0.1) is 17.8 Å². The van der Waals surface area contributed by atoms with Crippen LogP contribution in [0.5, 0.6) is 0 Å². The Kier molecular flexibility index (Phi) is 7.01. The van der Waals surface area contributed by atoms with Crippen LogP contribution in [-0.4, -0.2) is 64.5 Å². The van der Waals surface area contributed by atoms with Crippen LogP contribution in [0.2, 0.25) is 0 Å². The average molecular weight is 428 g/mol. The number of aliphatic hydroxyl groups is 1. The molecule has 5 atom stereocenters. The van der Waals surface area contributed by atoms with Crippen LogP contribution in [0.4, 0.5) is 4.79 Å². The zero-order chi connectivity index (χ0) is 22.9. The van der Waals surface area contributed by atoms with E-state index in [-0.39, 0.29) is 26.1 Å². The molecule has 2 aliphatic rings.